The summed E-state index contributed by atoms with van der Waals surface area (Å²) in [4.78, 5) is 14.9. The molecule has 2 aromatic heterocycles. The Labute approximate surface area is 91.9 Å². The van der Waals surface area contributed by atoms with Gasteiger partial charge in [-0.15, -0.1) is 0 Å². The van der Waals surface area contributed by atoms with Crippen LogP contribution in [0.3, 0.4) is 0 Å². The fraction of sp³-hybridized carbons (Fsp3) is 0.222. The van der Waals surface area contributed by atoms with Crippen LogP contribution in [0.1, 0.15) is 11.3 Å². The van der Waals surface area contributed by atoms with Gasteiger partial charge in [-0.1, -0.05) is 0 Å². The number of rotatable bonds is 3. The average molecular weight is 224 g/mol. The van der Waals surface area contributed by atoms with E-state index in [-0.39, 0.29) is 5.28 Å². The molecule has 0 saturated heterocycles. The molecule has 0 radical (unpaired) electrons. The van der Waals surface area contributed by atoms with Gasteiger partial charge in [0.15, 0.2) is 0 Å². The molecule has 0 aliphatic carbocycles. The Morgan fingerprint density at radius 3 is 3.07 bits per heavy atom. The van der Waals surface area contributed by atoms with Crippen molar-refractivity contribution in [2.24, 2.45) is 0 Å². The Kier molecular flexibility index (Phi) is 2.82. The van der Waals surface area contributed by atoms with Crippen LogP contribution in [0.4, 0.5) is 5.82 Å². The van der Waals surface area contributed by atoms with Gasteiger partial charge in [-0.3, -0.25) is 0 Å². The number of H-pyrrole nitrogens is 1. The van der Waals surface area contributed by atoms with Crippen LogP contribution in [-0.2, 0) is 6.54 Å². The van der Waals surface area contributed by atoms with E-state index in [1.807, 2.05) is 6.92 Å². The molecular formula is C9H10ClN5. The summed E-state index contributed by atoms with van der Waals surface area (Å²) in [5.41, 5.74) is 1.95. The van der Waals surface area contributed by atoms with E-state index in [1.165, 1.54) is 0 Å². The van der Waals surface area contributed by atoms with E-state index in [0.717, 1.165) is 17.1 Å². The summed E-state index contributed by atoms with van der Waals surface area (Å²) >= 11 is 5.70. The number of nitrogens with zero attached hydrogens (tertiary/aromatic N) is 3. The van der Waals surface area contributed by atoms with Crippen LogP contribution >= 0.6 is 11.6 Å². The second kappa shape index (κ2) is 4.27. The van der Waals surface area contributed by atoms with Crippen molar-refractivity contribution in [2.75, 3.05) is 5.32 Å². The van der Waals surface area contributed by atoms with Crippen molar-refractivity contribution in [3.05, 3.63) is 35.3 Å². The van der Waals surface area contributed by atoms with Crippen molar-refractivity contribution in [3.63, 3.8) is 0 Å². The van der Waals surface area contributed by atoms with E-state index in [1.54, 1.807) is 18.7 Å². The summed E-state index contributed by atoms with van der Waals surface area (Å²) < 4.78 is 0. The Morgan fingerprint density at radius 2 is 2.33 bits per heavy atom. The highest BCUT2D eigenvalue weighted by Gasteiger charge is 2.02. The summed E-state index contributed by atoms with van der Waals surface area (Å²) in [7, 11) is 0. The maximum Gasteiger partial charge on any atom is 0.224 e. The van der Waals surface area contributed by atoms with E-state index in [2.05, 4.69) is 25.3 Å². The topological polar surface area (TPSA) is 66.5 Å². The fourth-order valence-corrected chi connectivity index (χ4v) is 1.29. The number of aryl methyl sites for hydroxylation is 1. The highest BCUT2D eigenvalue weighted by Crippen LogP contribution is 2.13. The van der Waals surface area contributed by atoms with E-state index < -0.39 is 0 Å². The lowest BCUT2D eigenvalue weighted by Gasteiger charge is -2.06. The quantitative estimate of drug-likeness (QED) is 0.779. The molecule has 0 saturated carbocycles. The van der Waals surface area contributed by atoms with Crippen molar-refractivity contribution < 1.29 is 0 Å². The predicted molar refractivity (Wildman–Crippen MR) is 57.7 cm³/mol. The van der Waals surface area contributed by atoms with Crippen molar-refractivity contribution in [1.29, 1.82) is 0 Å². The SMILES string of the molecule is Cc1cnc(Cl)nc1NCc1cnc[nH]1. The van der Waals surface area contributed by atoms with Crippen LogP contribution in [0.15, 0.2) is 18.7 Å². The lowest BCUT2D eigenvalue weighted by atomic mass is 10.3. The molecule has 0 unspecified atom stereocenters. The Hall–Kier alpha value is -1.62. The first kappa shape index (κ1) is 9.92. The zero-order valence-electron chi connectivity index (χ0n) is 8.16. The Bertz CT molecular complexity index is 440. The minimum atomic E-state index is 0.243. The maximum absolute atomic E-state index is 5.70. The van der Waals surface area contributed by atoms with Gasteiger partial charge in [-0.25, -0.2) is 15.0 Å². The second-order valence-corrected chi connectivity index (χ2v) is 3.44. The molecule has 2 aromatic rings. The monoisotopic (exact) mass is 223 g/mol. The summed E-state index contributed by atoms with van der Waals surface area (Å²) in [6, 6.07) is 0. The van der Waals surface area contributed by atoms with Crippen LogP contribution in [0.5, 0.6) is 0 Å². The van der Waals surface area contributed by atoms with Gasteiger partial charge < -0.3 is 10.3 Å². The summed E-state index contributed by atoms with van der Waals surface area (Å²) in [5, 5.41) is 3.39. The molecule has 78 valence electrons. The van der Waals surface area contributed by atoms with Crippen molar-refractivity contribution >= 4 is 17.4 Å². The maximum atomic E-state index is 5.70. The number of nitrogens with one attached hydrogen (secondary N) is 2. The zero-order valence-corrected chi connectivity index (χ0v) is 8.91. The first-order valence-corrected chi connectivity index (χ1v) is 4.84. The molecule has 0 aliphatic heterocycles. The van der Waals surface area contributed by atoms with Gasteiger partial charge in [0.25, 0.3) is 0 Å². The molecule has 0 fully saturated rings. The lowest BCUT2D eigenvalue weighted by molar-refractivity contribution is 1.03. The Balaban J connectivity index is 2.07. The van der Waals surface area contributed by atoms with Crippen LogP contribution in [0.2, 0.25) is 5.28 Å². The normalized spacial score (nSPS) is 10.3. The van der Waals surface area contributed by atoms with Gasteiger partial charge >= 0.3 is 0 Å². The predicted octanol–water partition coefficient (Wildman–Crippen LogP) is 1.77. The molecule has 5 nitrogen and oxygen atoms in total. The molecule has 2 heterocycles. The van der Waals surface area contributed by atoms with E-state index in [9.17, 15) is 0 Å². The molecule has 0 bridgehead atoms. The smallest absolute Gasteiger partial charge is 0.224 e. The fourth-order valence-electron chi connectivity index (χ4n) is 1.16. The Morgan fingerprint density at radius 1 is 1.47 bits per heavy atom. The number of imidazole rings is 1. The summed E-state index contributed by atoms with van der Waals surface area (Å²) in [6.07, 6.45) is 5.08. The standard InChI is InChI=1S/C9H10ClN5/c1-6-2-13-9(10)15-8(6)12-4-7-3-11-5-14-7/h2-3,5H,4H2,1H3,(H,11,14)(H,12,13,15). The van der Waals surface area contributed by atoms with Crippen LogP contribution < -0.4 is 5.32 Å². The van der Waals surface area contributed by atoms with Gasteiger partial charge in [-0.05, 0) is 18.5 Å². The number of anilines is 1. The number of aromatic amines is 1. The summed E-state index contributed by atoms with van der Waals surface area (Å²) in [6.45, 7) is 2.56. The molecule has 0 aliphatic rings. The highest BCUT2D eigenvalue weighted by atomic mass is 35.5. The van der Waals surface area contributed by atoms with Gasteiger partial charge in [0, 0.05) is 18.0 Å². The number of hydrogen-bond donors (Lipinski definition) is 2. The molecule has 0 spiro atoms. The number of halogens is 1. The molecular weight excluding hydrogens is 214 g/mol. The number of aromatic nitrogens is 4. The minimum Gasteiger partial charge on any atom is -0.364 e. The first-order valence-electron chi connectivity index (χ1n) is 4.46. The zero-order chi connectivity index (χ0) is 10.7. The van der Waals surface area contributed by atoms with Gasteiger partial charge in [0.05, 0.1) is 18.6 Å². The van der Waals surface area contributed by atoms with Crippen LogP contribution in [0.25, 0.3) is 0 Å². The molecule has 0 atom stereocenters. The lowest BCUT2D eigenvalue weighted by Crippen LogP contribution is -2.04. The molecule has 2 N–H and O–H groups in total. The van der Waals surface area contributed by atoms with Crippen LogP contribution in [0, 0.1) is 6.92 Å². The van der Waals surface area contributed by atoms with Gasteiger partial charge in [0.1, 0.15) is 5.82 Å². The molecule has 6 heteroatoms. The third-order valence-electron chi connectivity index (χ3n) is 1.94. The van der Waals surface area contributed by atoms with Gasteiger partial charge in [0.2, 0.25) is 5.28 Å². The summed E-state index contributed by atoms with van der Waals surface area (Å²) in [5.74, 6) is 0.740. The van der Waals surface area contributed by atoms with Crippen molar-refractivity contribution in [1.82, 2.24) is 19.9 Å². The molecule has 0 amide bonds. The minimum absolute atomic E-state index is 0.243. The highest BCUT2D eigenvalue weighted by molar-refractivity contribution is 6.28. The van der Waals surface area contributed by atoms with E-state index in [0.29, 0.717) is 6.54 Å². The third kappa shape index (κ3) is 2.44. The first-order chi connectivity index (χ1) is 7.25. The average Bonchev–Trinajstić information content (AvgIpc) is 2.72. The number of hydrogen-bond acceptors (Lipinski definition) is 4. The second-order valence-electron chi connectivity index (χ2n) is 3.10. The van der Waals surface area contributed by atoms with E-state index >= 15 is 0 Å². The molecule has 15 heavy (non-hydrogen) atoms. The molecule has 2 rings (SSSR count). The van der Waals surface area contributed by atoms with Gasteiger partial charge in [-0.2, -0.15) is 0 Å². The van der Waals surface area contributed by atoms with E-state index in [4.69, 9.17) is 11.6 Å². The van der Waals surface area contributed by atoms with Crippen LogP contribution in [-0.4, -0.2) is 19.9 Å². The molecule has 0 aromatic carbocycles. The van der Waals surface area contributed by atoms with Crippen molar-refractivity contribution in [2.45, 2.75) is 13.5 Å². The van der Waals surface area contributed by atoms with Crippen molar-refractivity contribution in [3.8, 4) is 0 Å². The third-order valence-corrected chi connectivity index (χ3v) is 2.13. The largest absolute Gasteiger partial charge is 0.364 e.